The molecule has 2 fully saturated rings. The number of hydrogen-bond acceptors (Lipinski definition) is 2. The van der Waals surface area contributed by atoms with Gasteiger partial charge in [0.05, 0.1) is 10.0 Å². The number of halogens is 2. The summed E-state index contributed by atoms with van der Waals surface area (Å²) in [5.74, 6) is -0.126. The molecule has 2 aliphatic rings. The Labute approximate surface area is 143 Å². The smallest absolute Gasteiger partial charge is 0.407 e. The average Bonchev–Trinajstić information content (AvgIpc) is 2.95. The Bertz CT molecular complexity index is 640. The van der Waals surface area contributed by atoms with Gasteiger partial charge in [0.2, 0.25) is 0 Å². The molecule has 2 atom stereocenters. The second kappa shape index (κ2) is 6.45. The molecule has 124 valence electrons. The van der Waals surface area contributed by atoms with Crippen LogP contribution in [0.3, 0.4) is 0 Å². The highest BCUT2D eigenvalue weighted by molar-refractivity contribution is 6.42. The van der Waals surface area contributed by atoms with Gasteiger partial charge in [0.25, 0.3) is 0 Å². The van der Waals surface area contributed by atoms with Crippen LogP contribution in [-0.2, 0) is 0 Å². The van der Waals surface area contributed by atoms with Gasteiger partial charge in [-0.2, -0.15) is 0 Å². The molecule has 0 spiro atoms. The largest absolute Gasteiger partial charge is 0.465 e. The fraction of sp³-hybridized carbons (Fsp3) is 0.467. The Morgan fingerprint density at radius 3 is 2.65 bits per heavy atom. The van der Waals surface area contributed by atoms with Crippen molar-refractivity contribution in [3.05, 3.63) is 33.8 Å². The monoisotopic (exact) mass is 357 g/mol. The third kappa shape index (κ3) is 3.19. The van der Waals surface area contributed by atoms with E-state index in [1.165, 1.54) is 4.90 Å². The minimum atomic E-state index is -0.945. The minimum Gasteiger partial charge on any atom is -0.465 e. The maximum atomic E-state index is 12.0. The topological polar surface area (TPSA) is 72.9 Å². The van der Waals surface area contributed by atoms with Gasteiger partial charge in [-0.15, -0.1) is 0 Å². The molecule has 0 radical (unpaired) electrons. The fourth-order valence-electron chi connectivity index (χ4n) is 3.36. The molecule has 2 N–H and O–H groups in total. The molecule has 23 heavy (non-hydrogen) atoms. The van der Waals surface area contributed by atoms with Gasteiger partial charge in [-0.05, 0) is 24.1 Å². The van der Waals surface area contributed by atoms with E-state index in [-0.39, 0.29) is 18.0 Å². The van der Waals surface area contributed by atoms with Gasteiger partial charge in [0, 0.05) is 38.1 Å². The molecular formula is C15H17Cl2N3O3. The fourth-order valence-corrected chi connectivity index (χ4v) is 3.67. The third-order valence-corrected chi connectivity index (χ3v) is 5.25. The molecule has 6 nitrogen and oxygen atoms in total. The third-order valence-electron chi connectivity index (χ3n) is 4.51. The van der Waals surface area contributed by atoms with Crippen LogP contribution in [0.25, 0.3) is 0 Å². The number of hydrogen-bond donors (Lipinski definition) is 2. The van der Waals surface area contributed by atoms with Gasteiger partial charge in [-0.25, -0.2) is 9.59 Å². The van der Waals surface area contributed by atoms with Gasteiger partial charge in [-0.3, -0.25) is 0 Å². The highest BCUT2D eigenvalue weighted by atomic mass is 35.5. The van der Waals surface area contributed by atoms with Crippen LogP contribution in [0.4, 0.5) is 9.59 Å². The molecule has 0 saturated carbocycles. The highest BCUT2D eigenvalue weighted by Crippen LogP contribution is 2.34. The SMILES string of the molecule is O=C(O)N1CC[C@@H](N2CCNC2=O)[C@H](c2ccc(Cl)c(Cl)c2)C1. The van der Waals surface area contributed by atoms with Gasteiger partial charge in [0.1, 0.15) is 0 Å². The number of carboxylic acid groups (broad SMARTS) is 1. The summed E-state index contributed by atoms with van der Waals surface area (Å²) >= 11 is 12.1. The first-order valence-corrected chi connectivity index (χ1v) is 8.20. The van der Waals surface area contributed by atoms with Crippen LogP contribution in [0.15, 0.2) is 18.2 Å². The molecular weight excluding hydrogens is 341 g/mol. The maximum Gasteiger partial charge on any atom is 0.407 e. The summed E-state index contributed by atoms with van der Waals surface area (Å²) < 4.78 is 0. The van der Waals surface area contributed by atoms with Crippen molar-refractivity contribution < 1.29 is 14.7 Å². The van der Waals surface area contributed by atoms with E-state index in [2.05, 4.69) is 5.32 Å². The lowest BCUT2D eigenvalue weighted by atomic mass is 9.85. The maximum absolute atomic E-state index is 12.0. The molecule has 0 unspecified atom stereocenters. The average molecular weight is 358 g/mol. The van der Waals surface area contributed by atoms with Crippen molar-refractivity contribution in [1.82, 2.24) is 15.1 Å². The van der Waals surface area contributed by atoms with E-state index in [0.29, 0.717) is 42.6 Å². The van der Waals surface area contributed by atoms with Crippen molar-refractivity contribution >= 4 is 35.3 Å². The molecule has 0 aromatic heterocycles. The van der Waals surface area contributed by atoms with Gasteiger partial charge in [0.15, 0.2) is 0 Å². The number of rotatable bonds is 2. The summed E-state index contributed by atoms with van der Waals surface area (Å²) in [4.78, 5) is 26.5. The zero-order chi connectivity index (χ0) is 16.6. The van der Waals surface area contributed by atoms with Crippen molar-refractivity contribution in [2.45, 2.75) is 18.4 Å². The number of carbonyl (C=O) groups excluding carboxylic acids is 1. The predicted octanol–water partition coefficient (Wildman–Crippen LogP) is 2.85. The molecule has 1 aromatic rings. The summed E-state index contributed by atoms with van der Waals surface area (Å²) in [6, 6.07) is 5.18. The van der Waals surface area contributed by atoms with E-state index in [9.17, 15) is 14.7 Å². The molecule has 1 aromatic carbocycles. The van der Waals surface area contributed by atoms with Gasteiger partial charge in [-0.1, -0.05) is 29.3 Å². The van der Waals surface area contributed by atoms with Crippen molar-refractivity contribution in [3.8, 4) is 0 Å². The van der Waals surface area contributed by atoms with E-state index in [1.807, 2.05) is 6.07 Å². The second-order valence-corrected chi connectivity index (χ2v) is 6.60. The number of nitrogens with one attached hydrogen (secondary N) is 1. The molecule has 2 aliphatic heterocycles. The summed E-state index contributed by atoms with van der Waals surface area (Å²) in [6.07, 6.45) is -0.343. The summed E-state index contributed by atoms with van der Waals surface area (Å²) in [5, 5.41) is 13.0. The second-order valence-electron chi connectivity index (χ2n) is 5.79. The summed E-state index contributed by atoms with van der Waals surface area (Å²) in [5.41, 5.74) is 0.898. The number of likely N-dealkylation sites (tertiary alicyclic amines) is 1. The number of carbonyl (C=O) groups is 2. The zero-order valence-electron chi connectivity index (χ0n) is 12.3. The normalized spacial score (nSPS) is 24.7. The van der Waals surface area contributed by atoms with Crippen LogP contribution in [0.1, 0.15) is 17.9 Å². The zero-order valence-corrected chi connectivity index (χ0v) is 13.8. The molecule has 0 bridgehead atoms. The van der Waals surface area contributed by atoms with Gasteiger partial charge >= 0.3 is 12.1 Å². The standard InChI is InChI=1S/C15H17Cl2N3O3/c16-11-2-1-9(7-12(11)17)10-8-19(15(22)23)5-3-13(10)20-6-4-18-14(20)21/h1-2,7,10,13H,3-6,8H2,(H,18,21)(H,22,23)/t10-,13+/m0/s1. The lowest BCUT2D eigenvalue weighted by Gasteiger charge is -2.41. The van der Waals surface area contributed by atoms with Crippen molar-refractivity contribution in [1.29, 1.82) is 0 Å². The lowest BCUT2D eigenvalue weighted by molar-refractivity contribution is 0.0991. The Kier molecular flexibility index (Phi) is 4.55. The van der Waals surface area contributed by atoms with Crippen LogP contribution >= 0.6 is 23.2 Å². The Balaban J connectivity index is 1.92. The van der Waals surface area contributed by atoms with E-state index < -0.39 is 6.09 Å². The molecule has 3 amide bonds. The van der Waals surface area contributed by atoms with Crippen LogP contribution < -0.4 is 5.32 Å². The Morgan fingerprint density at radius 1 is 1.26 bits per heavy atom. The number of piperidine rings is 1. The van der Waals surface area contributed by atoms with Gasteiger partial charge < -0.3 is 20.2 Å². The summed E-state index contributed by atoms with van der Waals surface area (Å²) in [6.45, 7) is 2.00. The minimum absolute atomic E-state index is 0.0506. The van der Waals surface area contributed by atoms with Crippen molar-refractivity contribution in [2.24, 2.45) is 0 Å². The Morgan fingerprint density at radius 2 is 2.04 bits per heavy atom. The first-order chi connectivity index (χ1) is 11.0. The van der Waals surface area contributed by atoms with E-state index >= 15 is 0 Å². The quantitative estimate of drug-likeness (QED) is 0.854. The number of nitrogens with zero attached hydrogens (tertiary/aromatic N) is 2. The summed E-state index contributed by atoms with van der Waals surface area (Å²) in [7, 11) is 0. The molecule has 3 rings (SSSR count). The van der Waals surface area contributed by atoms with Crippen LogP contribution in [-0.4, -0.2) is 59.3 Å². The molecule has 8 heteroatoms. The van der Waals surface area contributed by atoms with Crippen LogP contribution in [0, 0.1) is 0 Å². The van der Waals surface area contributed by atoms with Crippen LogP contribution in [0.2, 0.25) is 10.0 Å². The number of benzene rings is 1. The molecule has 2 saturated heterocycles. The number of amides is 3. The van der Waals surface area contributed by atoms with E-state index in [1.54, 1.807) is 17.0 Å². The Hall–Kier alpha value is -1.66. The van der Waals surface area contributed by atoms with Crippen molar-refractivity contribution in [3.63, 3.8) is 0 Å². The molecule has 0 aliphatic carbocycles. The molecule has 2 heterocycles. The predicted molar refractivity (Wildman–Crippen MR) is 87.3 cm³/mol. The van der Waals surface area contributed by atoms with E-state index in [4.69, 9.17) is 23.2 Å². The number of urea groups is 1. The highest BCUT2D eigenvalue weighted by Gasteiger charge is 2.39. The van der Waals surface area contributed by atoms with E-state index in [0.717, 1.165) is 5.56 Å². The first-order valence-electron chi connectivity index (χ1n) is 7.44. The first kappa shape index (κ1) is 16.2. The van der Waals surface area contributed by atoms with Crippen molar-refractivity contribution in [2.75, 3.05) is 26.2 Å². The van der Waals surface area contributed by atoms with Crippen LogP contribution in [0.5, 0.6) is 0 Å². The lowest BCUT2D eigenvalue weighted by Crippen LogP contribution is -2.52.